The molecule has 4 nitrogen and oxygen atoms in total. The summed E-state index contributed by atoms with van der Waals surface area (Å²) < 4.78 is 129. The van der Waals surface area contributed by atoms with Crippen LogP contribution >= 0.6 is 0 Å². The van der Waals surface area contributed by atoms with Crippen molar-refractivity contribution >= 4 is 22.1 Å². The molecular weight excluding hydrogens is 898 g/mol. The van der Waals surface area contributed by atoms with Crippen molar-refractivity contribution in [3.8, 4) is 89.5 Å². The largest absolute Gasteiger partial charge is 2.00 e. The summed E-state index contributed by atoms with van der Waals surface area (Å²) in [6.07, 6.45) is 0. The number of aromatic nitrogens is 4. The maximum Gasteiger partial charge on any atom is 2.00 e. The number of nitrogens with zero attached hydrogens (tertiary/aromatic N) is 4. The topological polar surface area (TPSA) is 54.0 Å². The van der Waals surface area contributed by atoms with E-state index in [1.165, 1.54) is 24.3 Å². The molecule has 0 spiro atoms. The summed E-state index contributed by atoms with van der Waals surface area (Å²) in [6, 6.07) is 39.3. The minimum absolute atomic E-state index is 0. The zero-order valence-corrected chi connectivity index (χ0v) is 36.3. The molecule has 0 fully saturated rings. The van der Waals surface area contributed by atoms with Gasteiger partial charge in [-0.25, -0.2) is 45.1 Å². The van der Waals surface area contributed by atoms with Crippen molar-refractivity contribution in [2.75, 3.05) is 0 Å². The molecule has 2 aliphatic rings. The van der Waals surface area contributed by atoms with Gasteiger partial charge in [0.1, 0.15) is 0 Å². The van der Waals surface area contributed by atoms with E-state index in [-0.39, 0.29) is 86.6 Å². The molecule has 0 aliphatic carbocycles. The average molecular weight is 922 g/mol. The van der Waals surface area contributed by atoms with Crippen molar-refractivity contribution in [1.29, 1.82) is 0 Å². The molecule has 0 saturated heterocycles. The Labute approximate surface area is 376 Å². The van der Waals surface area contributed by atoms with E-state index in [9.17, 15) is 0 Å². The maximum absolute atomic E-state index is 16.6. The van der Waals surface area contributed by atoms with Crippen LogP contribution in [0.25, 0.3) is 112 Å². The van der Waals surface area contributed by atoms with E-state index in [2.05, 4.69) is 0 Å². The van der Waals surface area contributed by atoms with E-state index >= 15 is 35.1 Å². The van der Waals surface area contributed by atoms with E-state index in [1.807, 2.05) is 0 Å². The van der Waals surface area contributed by atoms with Gasteiger partial charge in [-0.1, -0.05) is 146 Å². The van der Waals surface area contributed by atoms with Crippen LogP contribution in [-0.2, 0) is 19.5 Å². The van der Waals surface area contributed by atoms with Gasteiger partial charge in [0.15, 0.2) is 46.5 Å². The predicted octanol–water partition coefficient (Wildman–Crippen LogP) is 14.0. The smallest absolute Gasteiger partial charge is 0.657 e. The third-order valence-corrected chi connectivity index (χ3v) is 11.4. The van der Waals surface area contributed by atoms with Gasteiger partial charge >= 0.3 is 19.5 Å². The van der Waals surface area contributed by atoms with E-state index in [1.54, 1.807) is 121 Å². The van der Waals surface area contributed by atoms with Gasteiger partial charge < -0.3 is 9.97 Å². The maximum atomic E-state index is 16.6. The molecule has 8 bridgehead atoms. The first kappa shape index (κ1) is 41.5. The molecular formula is C52H24F8N4Zn. The van der Waals surface area contributed by atoms with E-state index in [0.29, 0.717) is 22.3 Å². The predicted molar refractivity (Wildman–Crippen MR) is 229 cm³/mol. The molecule has 13 heteroatoms. The fourth-order valence-electron chi connectivity index (χ4n) is 8.65. The quantitative estimate of drug-likeness (QED) is 0.0764. The van der Waals surface area contributed by atoms with Crippen LogP contribution in [-0.4, -0.2) is 9.97 Å². The molecule has 0 atom stereocenters. The standard InChI is InChI=1S/C52H24F8N4.Zn/c53-41-37-38(42(54)46(58)45(41)57)50-35(27-17-9-3-10-18-27)31-23-24-32(62-31)36(28-19-11-4-12-20-28)52-40-39(43(55)47(59)48(60)44(40)56)51(64-52)34(26-15-7-2-8-16-26)30-22-21-29(61-30)33(49(37)63-50)25-13-5-1-6-14-25;/h1-24H;/q-2;+2. The molecule has 5 heterocycles. The summed E-state index contributed by atoms with van der Waals surface area (Å²) in [5.74, 6) is -15.0. The van der Waals surface area contributed by atoms with E-state index in [4.69, 9.17) is 19.9 Å². The fraction of sp³-hybridized carbons (Fsp3) is 0. The molecule has 2 aliphatic heterocycles. The van der Waals surface area contributed by atoms with Crippen LogP contribution in [0.1, 0.15) is 0 Å². The number of benzene rings is 6. The van der Waals surface area contributed by atoms with E-state index in [0.717, 1.165) is 0 Å². The summed E-state index contributed by atoms with van der Waals surface area (Å²) in [4.78, 5) is 19.6. The Bertz CT molecular complexity index is 3120. The van der Waals surface area contributed by atoms with Crippen LogP contribution in [0.3, 0.4) is 0 Å². The zero-order valence-electron chi connectivity index (χ0n) is 33.4. The van der Waals surface area contributed by atoms with Gasteiger partial charge in [-0.2, -0.15) is 0 Å². The molecule has 0 unspecified atom stereocenters. The Morgan fingerprint density at radius 2 is 0.446 bits per heavy atom. The van der Waals surface area contributed by atoms with Crippen molar-refractivity contribution in [2.45, 2.75) is 0 Å². The molecule has 310 valence electrons. The number of halogens is 8. The summed E-state index contributed by atoms with van der Waals surface area (Å²) in [5, 5.41) is 0. The van der Waals surface area contributed by atoms with Crippen LogP contribution in [0.5, 0.6) is 0 Å². The van der Waals surface area contributed by atoms with Gasteiger partial charge in [-0.15, -0.1) is 22.1 Å². The van der Waals surface area contributed by atoms with Gasteiger partial charge in [0.2, 0.25) is 0 Å². The second-order valence-electron chi connectivity index (χ2n) is 15.0. The van der Waals surface area contributed by atoms with Crippen molar-refractivity contribution in [2.24, 2.45) is 0 Å². The summed E-state index contributed by atoms with van der Waals surface area (Å²) in [7, 11) is 0. The minimum atomic E-state index is -2.06. The molecule has 0 radical (unpaired) electrons. The molecule has 0 amide bonds. The second kappa shape index (κ2) is 15.9. The third-order valence-electron chi connectivity index (χ3n) is 11.4. The monoisotopic (exact) mass is 920 g/mol. The average Bonchev–Trinajstić information content (AvgIpc) is 4.15. The van der Waals surface area contributed by atoms with Crippen molar-refractivity contribution in [3.63, 3.8) is 0 Å². The Morgan fingerprint density at radius 1 is 0.246 bits per heavy atom. The first-order valence-corrected chi connectivity index (χ1v) is 19.8. The van der Waals surface area contributed by atoms with Crippen LogP contribution in [0.15, 0.2) is 146 Å². The summed E-state index contributed by atoms with van der Waals surface area (Å²) in [6.45, 7) is 0. The normalized spacial score (nSPS) is 11.6. The number of rotatable bonds is 4. The Kier molecular flexibility index (Phi) is 10.2. The molecule has 3 aromatic heterocycles. The van der Waals surface area contributed by atoms with Gasteiger partial charge in [0, 0.05) is 0 Å². The van der Waals surface area contributed by atoms with Crippen LogP contribution in [0.4, 0.5) is 35.1 Å². The van der Waals surface area contributed by atoms with Crippen LogP contribution in [0.2, 0.25) is 0 Å². The van der Waals surface area contributed by atoms with Gasteiger partial charge in [-0.05, 0) is 44.5 Å². The van der Waals surface area contributed by atoms with Crippen LogP contribution in [0, 0.1) is 46.5 Å². The first-order chi connectivity index (χ1) is 31.1. The molecule has 6 aromatic carbocycles. The van der Waals surface area contributed by atoms with Crippen molar-refractivity contribution in [3.05, 3.63) is 192 Å². The van der Waals surface area contributed by atoms with Gasteiger partial charge in [0.05, 0.1) is 45.0 Å². The first-order valence-electron chi connectivity index (χ1n) is 19.8. The molecule has 65 heavy (non-hydrogen) atoms. The Morgan fingerprint density at radius 3 is 0.646 bits per heavy atom. The molecule has 0 N–H and O–H groups in total. The Hall–Kier alpha value is -7.50. The molecule has 9 aromatic rings. The fourth-order valence-corrected chi connectivity index (χ4v) is 8.65. The second-order valence-corrected chi connectivity index (χ2v) is 15.0. The number of hydrogen-bond acceptors (Lipinski definition) is 2. The van der Waals surface area contributed by atoms with Crippen LogP contribution < -0.4 is 9.97 Å². The Balaban J connectivity index is 0.00000498. The third kappa shape index (κ3) is 6.36. The summed E-state index contributed by atoms with van der Waals surface area (Å²) >= 11 is 0. The zero-order chi connectivity index (χ0) is 44.0. The van der Waals surface area contributed by atoms with E-state index < -0.39 is 68.8 Å². The SMILES string of the molecule is Fc1c(F)c(F)c2c(c1F)-c1nc-2c(-c2ccccc2)c2ccc([n-]2)c(-c2ccccc2)c2nc(c(-c3ccccc3)c3ccc([n-]3)c1-c1ccccc1)-c1c(F)c(F)c(F)c(F)c1-2.[Zn+2]. The molecule has 11 rings (SSSR count). The van der Waals surface area contributed by atoms with Crippen molar-refractivity contribution in [1.82, 2.24) is 19.9 Å². The van der Waals surface area contributed by atoms with Crippen molar-refractivity contribution < 1.29 is 54.6 Å². The van der Waals surface area contributed by atoms with Gasteiger partial charge in [-0.3, -0.25) is 0 Å². The summed E-state index contributed by atoms with van der Waals surface area (Å²) in [5.41, 5.74) is -2.02. The number of fused-ring (bicyclic) bond motifs is 14. The molecule has 0 saturated carbocycles. The number of hydrogen-bond donors (Lipinski definition) is 0. The minimum Gasteiger partial charge on any atom is -0.657 e. The van der Waals surface area contributed by atoms with Gasteiger partial charge in [0.25, 0.3) is 0 Å².